The highest BCUT2D eigenvalue weighted by Crippen LogP contribution is 2.26. The minimum Gasteiger partial charge on any atom is -0.468 e. The quantitative estimate of drug-likeness (QED) is 0.858. The molecule has 3 N–H and O–H groups in total. The van der Waals surface area contributed by atoms with Gasteiger partial charge in [0.25, 0.3) is 11.8 Å². The van der Waals surface area contributed by atoms with E-state index < -0.39 is 11.5 Å². The first kappa shape index (κ1) is 14.6. The van der Waals surface area contributed by atoms with Crippen molar-refractivity contribution in [2.75, 3.05) is 13.1 Å². The van der Waals surface area contributed by atoms with Gasteiger partial charge >= 0.3 is 0 Å². The maximum absolute atomic E-state index is 12.5. The molecule has 20 heavy (non-hydrogen) atoms. The highest BCUT2D eigenvalue weighted by molar-refractivity contribution is 5.96. The van der Waals surface area contributed by atoms with Gasteiger partial charge in [0.05, 0.1) is 18.4 Å². The first-order valence-electron chi connectivity index (χ1n) is 6.74. The first-order valence-corrected chi connectivity index (χ1v) is 6.74. The monoisotopic (exact) mass is 280 g/mol. The van der Waals surface area contributed by atoms with Crippen molar-refractivity contribution in [3.05, 3.63) is 23.7 Å². The van der Waals surface area contributed by atoms with Crippen molar-refractivity contribution in [3.63, 3.8) is 0 Å². The molecule has 1 aliphatic heterocycles. The predicted molar refractivity (Wildman–Crippen MR) is 72.1 cm³/mol. The average molecular weight is 280 g/mol. The van der Waals surface area contributed by atoms with E-state index in [4.69, 9.17) is 10.2 Å². The third-order valence-electron chi connectivity index (χ3n) is 3.67. The molecule has 6 heteroatoms. The van der Waals surface area contributed by atoms with Gasteiger partial charge in [-0.1, -0.05) is 13.8 Å². The molecule has 0 unspecified atom stereocenters. The zero-order valence-corrected chi connectivity index (χ0v) is 11.8. The molecule has 0 aromatic carbocycles. The fourth-order valence-electron chi connectivity index (χ4n) is 2.53. The summed E-state index contributed by atoms with van der Waals surface area (Å²) in [4.78, 5) is 25.3. The van der Waals surface area contributed by atoms with Gasteiger partial charge in [0, 0.05) is 12.5 Å². The third-order valence-corrected chi connectivity index (χ3v) is 3.67. The summed E-state index contributed by atoms with van der Waals surface area (Å²) in [6.45, 7) is 4.30. The van der Waals surface area contributed by atoms with Crippen LogP contribution >= 0.6 is 0 Å². The molecule has 1 aromatic rings. The van der Waals surface area contributed by atoms with Crippen LogP contribution in [0.5, 0.6) is 0 Å². The van der Waals surface area contributed by atoms with Crippen LogP contribution in [0.1, 0.15) is 48.7 Å². The number of hydrogen-bond acceptors (Lipinski definition) is 4. The third kappa shape index (κ3) is 2.56. The topological polar surface area (TPSA) is 96.8 Å². The van der Waals surface area contributed by atoms with Gasteiger partial charge in [0.15, 0.2) is 5.60 Å². The molecule has 1 saturated heterocycles. The first-order chi connectivity index (χ1) is 9.35. The van der Waals surface area contributed by atoms with Crippen LogP contribution in [0, 0.1) is 0 Å². The van der Waals surface area contributed by atoms with Gasteiger partial charge in [0.1, 0.15) is 5.76 Å². The lowest BCUT2D eigenvalue weighted by atomic mass is 9.91. The second kappa shape index (κ2) is 5.28. The molecule has 1 aromatic heterocycles. The number of primary amides is 1. The summed E-state index contributed by atoms with van der Waals surface area (Å²) in [7, 11) is 0. The summed E-state index contributed by atoms with van der Waals surface area (Å²) in [5.74, 6) is -0.319. The Balaban J connectivity index is 2.21. The summed E-state index contributed by atoms with van der Waals surface area (Å²) in [6.07, 6.45) is 2.31. The molecule has 1 atom stereocenters. The van der Waals surface area contributed by atoms with E-state index >= 15 is 0 Å². The second-order valence-electron chi connectivity index (χ2n) is 5.58. The number of nitrogens with two attached hydrogens (primary N) is 1. The van der Waals surface area contributed by atoms with Crippen LogP contribution in [0.25, 0.3) is 0 Å². The largest absolute Gasteiger partial charge is 0.468 e. The Morgan fingerprint density at radius 2 is 2.20 bits per heavy atom. The maximum Gasteiger partial charge on any atom is 0.257 e. The van der Waals surface area contributed by atoms with Gasteiger partial charge in [-0.2, -0.15) is 0 Å². The van der Waals surface area contributed by atoms with Gasteiger partial charge in [-0.15, -0.1) is 0 Å². The highest BCUT2D eigenvalue weighted by Gasteiger charge is 2.40. The van der Waals surface area contributed by atoms with E-state index in [-0.39, 0.29) is 24.8 Å². The number of amides is 2. The van der Waals surface area contributed by atoms with E-state index in [2.05, 4.69) is 0 Å². The number of nitrogens with zero attached hydrogens (tertiary/aromatic N) is 1. The van der Waals surface area contributed by atoms with Crippen LogP contribution in [0.2, 0.25) is 0 Å². The summed E-state index contributed by atoms with van der Waals surface area (Å²) in [6, 6.07) is 1.62. The van der Waals surface area contributed by atoms with Gasteiger partial charge in [0.2, 0.25) is 0 Å². The molecule has 110 valence electrons. The van der Waals surface area contributed by atoms with Crippen LogP contribution in [0.15, 0.2) is 16.7 Å². The molecule has 0 saturated carbocycles. The van der Waals surface area contributed by atoms with Gasteiger partial charge < -0.3 is 20.2 Å². The molecule has 2 rings (SSSR count). The van der Waals surface area contributed by atoms with Crippen molar-refractivity contribution in [1.29, 1.82) is 0 Å². The van der Waals surface area contributed by atoms with Crippen molar-refractivity contribution in [2.24, 2.45) is 5.73 Å². The number of piperidine rings is 1. The molecule has 2 heterocycles. The van der Waals surface area contributed by atoms with E-state index in [0.29, 0.717) is 24.3 Å². The van der Waals surface area contributed by atoms with Crippen LogP contribution < -0.4 is 5.73 Å². The number of hydrogen-bond donors (Lipinski definition) is 2. The number of β-amino-alcohol motifs (C(OH)–C–C–N with tert-alkyl or cyclic N) is 1. The Morgan fingerprint density at radius 1 is 1.50 bits per heavy atom. The molecule has 0 spiro atoms. The number of carbonyl (C=O) groups is 2. The van der Waals surface area contributed by atoms with Crippen molar-refractivity contribution in [3.8, 4) is 0 Å². The molecule has 1 aliphatic rings. The summed E-state index contributed by atoms with van der Waals surface area (Å²) < 4.78 is 5.34. The molecule has 2 amide bonds. The van der Waals surface area contributed by atoms with E-state index in [1.54, 1.807) is 6.07 Å². The van der Waals surface area contributed by atoms with Crippen LogP contribution in [0.4, 0.5) is 0 Å². The van der Waals surface area contributed by atoms with Crippen LogP contribution in [-0.2, 0) is 4.79 Å². The van der Waals surface area contributed by atoms with E-state index in [1.165, 1.54) is 11.2 Å². The fraction of sp³-hybridized carbons (Fsp3) is 0.571. The zero-order valence-electron chi connectivity index (χ0n) is 11.8. The van der Waals surface area contributed by atoms with Crippen molar-refractivity contribution < 1.29 is 19.1 Å². The SMILES string of the molecule is CC(C)c1occc1C(=O)N1CCC[C@](O)(C(N)=O)C1. The van der Waals surface area contributed by atoms with Gasteiger partial charge in [-0.05, 0) is 18.9 Å². The zero-order chi connectivity index (χ0) is 14.9. The fourth-order valence-corrected chi connectivity index (χ4v) is 2.53. The Hall–Kier alpha value is -1.82. The molecular weight excluding hydrogens is 260 g/mol. The Kier molecular flexibility index (Phi) is 3.85. The Morgan fingerprint density at radius 3 is 2.80 bits per heavy atom. The highest BCUT2D eigenvalue weighted by atomic mass is 16.3. The van der Waals surface area contributed by atoms with Crippen LogP contribution in [0.3, 0.4) is 0 Å². The normalized spacial score (nSPS) is 23.1. The molecule has 1 fully saturated rings. The molecule has 0 bridgehead atoms. The minimum absolute atomic E-state index is 0.0656. The smallest absolute Gasteiger partial charge is 0.257 e. The summed E-state index contributed by atoms with van der Waals surface area (Å²) in [5, 5.41) is 10.2. The van der Waals surface area contributed by atoms with E-state index in [0.717, 1.165) is 0 Å². The molecular formula is C14H20N2O4. The Labute approximate surface area is 117 Å². The second-order valence-corrected chi connectivity index (χ2v) is 5.58. The summed E-state index contributed by atoms with van der Waals surface area (Å²) in [5.41, 5.74) is 4.07. The number of carbonyl (C=O) groups excluding carboxylic acids is 2. The van der Waals surface area contributed by atoms with E-state index in [9.17, 15) is 14.7 Å². The number of furan rings is 1. The lowest BCUT2D eigenvalue weighted by Gasteiger charge is -2.37. The van der Waals surface area contributed by atoms with Crippen molar-refractivity contribution >= 4 is 11.8 Å². The number of rotatable bonds is 3. The molecule has 0 aliphatic carbocycles. The average Bonchev–Trinajstić information content (AvgIpc) is 2.87. The number of likely N-dealkylation sites (tertiary alicyclic amines) is 1. The lowest BCUT2D eigenvalue weighted by Crippen LogP contribution is -2.57. The maximum atomic E-state index is 12.5. The predicted octanol–water partition coefficient (Wildman–Crippen LogP) is 0.855. The molecule has 0 radical (unpaired) electrons. The number of aliphatic hydroxyl groups is 1. The summed E-state index contributed by atoms with van der Waals surface area (Å²) >= 11 is 0. The van der Waals surface area contributed by atoms with Gasteiger partial charge in [-0.3, -0.25) is 9.59 Å². The minimum atomic E-state index is -1.63. The van der Waals surface area contributed by atoms with Gasteiger partial charge in [-0.25, -0.2) is 0 Å². The Bertz CT molecular complexity index is 523. The standard InChI is InChI=1S/C14H20N2O4/c1-9(2)11-10(4-7-20-11)12(17)16-6-3-5-14(19,8-16)13(15)18/h4,7,9,19H,3,5-6,8H2,1-2H3,(H2,15,18)/t14-/m1/s1. The van der Waals surface area contributed by atoms with E-state index in [1.807, 2.05) is 13.8 Å². The lowest BCUT2D eigenvalue weighted by molar-refractivity contribution is -0.140. The van der Waals surface area contributed by atoms with Crippen LogP contribution in [-0.4, -0.2) is 40.5 Å². The molecule has 6 nitrogen and oxygen atoms in total. The van der Waals surface area contributed by atoms with Crippen molar-refractivity contribution in [2.45, 2.75) is 38.2 Å². The van der Waals surface area contributed by atoms with Crippen molar-refractivity contribution in [1.82, 2.24) is 4.90 Å².